The normalized spacial score (nSPS) is 21.7. The fourth-order valence-electron chi connectivity index (χ4n) is 1.80. The predicted molar refractivity (Wildman–Crippen MR) is 62.8 cm³/mol. The highest BCUT2D eigenvalue weighted by Crippen LogP contribution is 2.37. The highest BCUT2D eigenvalue weighted by atomic mass is 35.5. The van der Waals surface area contributed by atoms with Crippen molar-refractivity contribution >= 4 is 23.2 Å². The van der Waals surface area contributed by atoms with Crippen molar-refractivity contribution in [2.24, 2.45) is 11.7 Å². The SMILES string of the molecule is C[C@@H](N)C1COc2c(Cl)cc(Cl)cc2C1. The Balaban J connectivity index is 2.33. The average molecular weight is 246 g/mol. The molecule has 0 fully saturated rings. The predicted octanol–water partition coefficient (Wildman–Crippen LogP) is 2.89. The minimum atomic E-state index is 0.121. The molecule has 0 aromatic heterocycles. The van der Waals surface area contributed by atoms with Crippen LogP contribution in [-0.4, -0.2) is 12.6 Å². The smallest absolute Gasteiger partial charge is 0.141 e. The molecule has 2 nitrogen and oxygen atoms in total. The summed E-state index contributed by atoms with van der Waals surface area (Å²) in [6.45, 7) is 2.62. The van der Waals surface area contributed by atoms with E-state index in [1.807, 2.05) is 13.0 Å². The fourth-order valence-corrected chi connectivity index (χ4v) is 2.39. The van der Waals surface area contributed by atoms with Crippen molar-refractivity contribution in [3.63, 3.8) is 0 Å². The van der Waals surface area contributed by atoms with E-state index in [2.05, 4.69) is 0 Å². The van der Waals surface area contributed by atoms with Gasteiger partial charge in [0.15, 0.2) is 0 Å². The van der Waals surface area contributed by atoms with E-state index in [1.54, 1.807) is 6.07 Å². The van der Waals surface area contributed by atoms with Crippen molar-refractivity contribution in [2.45, 2.75) is 19.4 Å². The maximum atomic E-state index is 6.03. The molecule has 1 unspecified atom stereocenters. The molecule has 1 aliphatic heterocycles. The molecule has 0 bridgehead atoms. The average Bonchev–Trinajstić information content (AvgIpc) is 2.16. The standard InChI is InChI=1S/C11H13Cl2NO/c1-6(14)8-2-7-3-9(12)4-10(13)11(7)15-5-8/h3-4,6,8H,2,5,14H2,1H3/t6-,8?/m1/s1. The molecule has 1 aromatic rings. The Morgan fingerprint density at radius 2 is 2.20 bits per heavy atom. The molecule has 0 saturated heterocycles. The quantitative estimate of drug-likeness (QED) is 0.826. The summed E-state index contributed by atoms with van der Waals surface area (Å²) in [6.07, 6.45) is 0.882. The van der Waals surface area contributed by atoms with Crippen LogP contribution in [0.25, 0.3) is 0 Å². The van der Waals surface area contributed by atoms with Crippen molar-refractivity contribution in [1.29, 1.82) is 0 Å². The number of rotatable bonds is 1. The Hall–Kier alpha value is -0.440. The van der Waals surface area contributed by atoms with E-state index >= 15 is 0 Å². The number of benzene rings is 1. The number of hydrogen-bond acceptors (Lipinski definition) is 2. The van der Waals surface area contributed by atoms with E-state index in [4.69, 9.17) is 33.7 Å². The first-order valence-corrected chi connectivity index (χ1v) is 5.70. The van der Waals surface area contributed by atoms with Crippen LogP contribution in [0.4, 0.5) is 0 Å². The van der Waals surface area contributed by atoms with Crippen LogP contribution in [0.15, 0.2) is 12.1 Å². The van der Waals surface area contributed by atoms with Gasteiger partial charge in [-0.05, 0) is 31.0 Å². The summed E-state index contributed by atoms with van der Waals surface area (Å²) in [4.78, 5) is 0. The molecule has 2 N–H and O–H groups in total. The van der Waals surface area contributed by atoms with Crippen LogP contribution in [0.2, 0.25) is 10.0 Å². The minimum absolute atomic E-state index is 0.121. The second kappa shape index (κ2) is 4.20. The van der Waals surface area contributed by atoms with Gasteiger partial charge in [-0.3, -0.25) is 0 Å². The van der Waals surface area contributed by atoms with Crippen LogP contribution >= 0.6 is 23.2 Å². The van der Waals surface area contributed by atoms with E-state index in [0.29, 0.717) is 22.6 Å². The third-order valence-electron chi connectivity index (χ3n) is 2.75. The van der Waals surface area contributed by atoms with Gasteiger partial charge in [-0.1, -0.05) is 23.2 Å². The number of hydrogen-bond donors (Lipinski definition) is 1. The van der Waals surface area contributed by atoms with Gasteiger partial charge in [0.05, 0.1) is 11.6 Å². The number of fused-ring (bicyclic) bond motifs is 1. The molecule has 2 atom stereocenters. The maximum Gasteiger partial charge on any atom is 0.141 e. The van der Waals surface area contributed by atoms with Crippen molar-refractivity contribution in [1.82, 2.24) is 0 Å². The molecular formula is C11H13Cl2NO. The molecule has 1 aliphatic rings. The molecule has 2 rings (SSSR count). The zero-order valence-corrected chi connectivity index (χ0v) is 9.98. The highest BCUT2D eigenvalue weighted by molar-refractivity contribution is 6.35. The Bertz CT molecular complexity index is 379. The molecule has 0 spiro atoms. The van der Waals surface area contributed by atoms with Crippen LogP contribution in [0.5, 0.6) is 5.75 Å². The molecule has 1 aromatic carbocycles. The lowest BCUT2D eigenvalue weighted by Gasteiger charge is -2.28. The van der Waals surface area contributed by atoms with Gasteiger partial charge in [0.25, 0.3) is 0 Å². The lowest BCUT2D eigenvalue weighted by molar-refractivity contribution is 0.204. The molecule has 0 amide bonds. The first-order chi connectivity index (χ1) is 7.08. The van der Waals surface area contributed by atoms with Gasteiger partial charge in [-0.15, -0.1) is 0 Å². The second-order valence-electron chi connectivity index (χ2n) is 4.01. The summed E-state index contributed by atoms with van der Waals surface area (Å²) in [5, 5.41) is 1.23. The lowest BCUT2D eigenvalue weighted by Crippen LogP contribution is -2.35. The summed E-state index contributed by atoms with van der Waals surface area (Å²) in [5.41, 5.74) is 6.91. The topological polar surface area (TPSA) is 35.2 Å². The molecule has 0 saturated carbocycles. The molecular weight excluding hydrogens is 233 g/mol. The van der Waals surface area contributed by atoms with E-state index in [0.717, 1.165) is 17.7 Å². The highest BCUT2D eigenvalue weighted by Gasteiger charge is 2.24. The molecule has 4 heteroatoms. The van der Waals surface area contributed by atoms with Gasteiger partial charge in [-0.25, -0.2) is 0 Å². The summed E-state index contributed by atoms with van der Waals surface area (Å²) in [6, 6.07) is 3.72. The largest absolute Gasteiger partial charge is 0.491 e. The van der Waals surface area contributed by atoms with E-state index in [-0.39, 0.29) is 6.04 Å². The van der Waals surface area contributed by atoms with Crippen LogP contribution in [-0.2, 0) is 6.42 Å². The molecule has 15 heavy (non-hydrogen) atoms. The second-order valence-corrected chi connectivity index (χ2v) is 4.85. The lowest BCUT2D eigenvalue weighted by atomic mass is 9.92. The molecule has 82 valence electrons. The first-order valence-electron chi connectivity index (χ1n) is 4.94. The number of halogens is 2. The zero-order chi connectivity index (χ0) is 11.0. The fraction of sp³-hybridized carbons (Fsp3) is 0.455. The van der Waals surface area contributed by atoms with Crippen LogP contribution < -0.4 is 10.5 Å². The number of nitrogens with two attached hydrogens (primary N) is 1. The van der Waals surface area contributed by atoms with Crippen molar-refractivity contribution in [3.8, 4) is 5.75 Å². The van der Waals surface area contributed by atoms with Gasteiger partial charge >= 0.3 is 0 Å². The van der Waals surface area contributed by atoms with Gasteiger partial charge in [-0.2, -0.15) is 0 Å². The van der Waals surface area contributed by atoms with Crippen LogP contribution in [0, 0.1) is 5.92 Å². The van der Waals surface area contributed by atoms with Crippen molar-refractivity contribution in [3.05, 3.63) is 27.7 Å². The Morgan fingerprint density at radius 1 is 1.47 bits per heavy atom. The Kier molecular flexibility index (Phi) is 3.10. The summed E-state index contributed by atoms with van der Waals surface area (Å²) in [7, 11) is 0. The zero-order valence-electron chi connectivity index (χ0n) is 8.47. The third kappa shape index (κ3) is 2.22. The molecule has 0 radical (unpaired) electrons. The summed E-state index contributed by atoms with van der Waals surface area (Å²) in [5.74, 6) is 1.10. The summed E-state index contributed by atoms with van der Waals surface area (Å²) < 4.78 is 5.61. The Morgan fingerprint density at radius 3 is 2.87 bits per heavy atom. The number of ether oxygens (including phenoxy) is 1. The van der Waals surface area contributed by atoms with Gasteiger partial charge in [0, 0.05) is 17.0 Å². The molecule has 0 aliphatic carbocycles. The van der Waals surface area contributed by atoms with Gasteiger partial charge in [0.1, 0.15) is 5.75 Å². The van der Waals surface area contributed by atoms with Crippen LogP contribution in [0.1, 0.15) is 12.5 Å². The van der Waals surface area contributed by atoms with Gasteiger partial charge < -0.3 is 10.5 Å². The van der Waals surface area contributed by atoms with Crippen molar-refractivity contribution < 1.29 is 4.74 Å². The van der Waals surface area contributed by atoms with E-state index in [1.165, 1.54) is 0 Å². The van der Waals surface area contributed by atoms with E-state index < -0.39 is 0 Å². The van der Waals surface area contributed by atoms with Crippen LogP contribution in [0.3, 0.4) is 0 Å². The maximum absolute atomic E-state index is 6.03. The molecule has 1 heterocycles. The van der Waals surface area contributed by atoms with E-state index in [9.17, 15) is 0 Å². The monoisotopic (exact) mass is 245 g/mol. The first kappa shape index (κ1) is 11.1. The van der Waals surface area contributed by atoms with Gasteiger partial charge in [0.2, 0.25) is 0 Å². The van der Waals surface area contributed by atoms with Crippen molar-refractivity contribution in [2.75, 3.05) is 6.61 Å². The summed E-state index contributed by atoms with van der Waals surface area (Å²) >= 11 is 12.0. The minimum Gasteiger partial charge on any atom is -0.491 e. The Labute approximate surface area is 99.3 Å². The third-order valence-corrected chi connectivity index (χ3v) is 3.25.